The van der Waals surface area contributed by atoms with E-state index in [-0.39, 0.29) is 6.03 Å². The van der Waals surface area contributed by atoms with Crippen molar-refractivity contribution in [2.24, 2.45) is 0 Å². The summed E-state index contributed by atoms with van der Waals surface area (Å²) in [5.74, 6) is 0.472. The molecule has 0 saturated carbocycles. The number of rotatable bonds is 3. The van der Waals surface area contributed by atoms with Crippen LogP contribution in [0.3, 0.4) is 0 Å². The van der Waals surface area contributed by atoms with Crippen LogP contribution < -0.4 is 14.8 Å². The molecule has 2 heterocycles. The number of ether oxygens (including phenoxy) is 4. The second-order valence-electron chi connectivity index (χ2n) is 5.71. The summed E-state index contributed by atoms with van der Waals surface area (Å²) in [6.07, 6.45) is 1.34. The molecule has 3 rings (SSSR count). The molecule has 2 fully saturated rings. The molecule has 24 heavy (non-hydrogen) atoms. The molecule has 0 aliphatic carbocycles. The summed E-state index contributed by atoms with van der Waals surface area (Å²) < 4.78 is 21.8. The average Bonchev–Trinajstić information content (AvgIpc) is 3.04. The number of carbonyl (C=O) groups excluding carboxylic acids is 1. The molecule has 1 spiro atoms. The highest BCUT2D eigenvalue weighted by molar-refractivity contribution is 6.32. The first-order chi connectivity index (χ1) is 11.6. The average molecular weight is 357 g/mol. The first kappa shape index (κ1) is 17.1. The Morgan fingerprint density at radius 3 is 2.38 bits per heavy atom. The number of nitrogens with one attached hydrogen (secondary N) is 1. The largest absolute Gasteiger partial charge is 0.495 e. The number of amides is 2. The van der Waals surface area contributed by atoms with E-state index in [4.69, 9.17) is 30.5 Å². The Balaban J connectivity index is 1.66. The van der Waals surface area contributed by atoms with E-state index in [9.17, 15) is 4.79 Å². The molecule has 2 saturated heterocycles. The number of hydrogen-bond donors (Lipinski definition) is 1. The summed E-state index contributed by atoms with van der Waals surface area (Å²) in [6, 6.07) is 3.05. The van der Waals surface area contributed by atoms with Gasteiger partial charge in [-0.1, -0.05) is 11.6 Å². The maximum absolute atomic E-state index is 12.5. The molecule has 1 aromatic carbocycles. The second-order valence-corrected chi connectivity index (χ2v) is 6.12. The van der Waals surface area contributed by atoms with Crippen LogP contribution in [0.1, 0.15) is 12.8 Å². The standard InChI is InChI=1S/C16H21ClN2O5/c1-21-13-10-14(22-2)12(9-11(13)17)18-15(20)19-5-3-16(4-6-19)23-7-8-24-16/h9-10H,3-8H2,1-2H3,(H,18,20). The summed E-state index contributed by atoms with van der Waals surface area (Å²) in [5.41, 5.74) is 0.502. The first-order valence-corrected chi connectivity index (χ1v) is 8.20. The van der Waals surface area contributed by atoms with E-state index in [1.807, 2.05) is 0 Å². The third kappa shape index (κ3) is 3.38. The van der Waals surface area contributed by atoms with Crippen molar-refractivity contribution in [2.75, 3.05) is 45.8 Å². The van der Waals surface area contributed by atoms with Gasteiger partial charge in [0.05, 0.1) is 38.1 Å². The quantitative estimate of drug-likeness (QED) is 0.901. The van der Waals surface area contributed by atoms with E-state index in [1.165, 1.54) is 14.2 Å². The number of methoxy groups -OCH3 is 2. The molecule has 8 heteroatoms. The lowest BCUT2D eigenvalue weighted by Gasteiger charge is -2.37. The lowest BCUT2D eigenvalue weighted by atomic mass is 10.0. The highest BCUT2D eigenvalue weighted by Crippen LogP contribution is 2.36. The van der Waals surface area contributed by atoms with Crippen molar-refractivity contribution in [1.29, 1.82) is 0 Å². The molecule has 1 N–H and O–H groups in total. The van der Waals surface area contributed by atoms with Crippen LogP contribution in [0.15, 0.2) is 12.1 Å². The van der Waals surface area contributed by atoms with Crippen molar-refractivity contribution in [3.63, 3.8) is 0 Å². The van der Waals surface area contributed by atoms with Gasteiger partial charge in [-0.3, -0.25) is 0 Å². The zero-order chi connectivity index (χ0) is 17.2. The Morgan fingerprint density at radius 2 is 1.79 bits per heavy atom. The molecule has 0 aromatic heterocycles. The molecule has 7 nitrogen and oxygen atoms in total. The number of benzene rings is 1. The fourth-order valence-electron chi connectivity index (χ4n) is 2.99. The first-order valence-electron chi connectivity index (χ1n) is 7.82. The molecule has 0 atom stereocenters. The lowest BCUT2D eigenvalue weighted by Crippen LogP contribution is -2.48. The Morgan fingerprint density at radius 1 is 1.17 bits per heavy atom. The van der Waals surface area contributed by atoms with Crippen LogP contribution in [0.25, 0.3) is 0 Å². The minimum absolute atomic E-state index is 0.206. The number of urea groups is 1. The van der Waals surface area contributed by atoms with Gasteiger partial charge in [0.25, 0.3) is 0 Å². The van der Waals surface area contributed by atoms with Crippen LogP contribution in [0.4, 0.5) is 10.5 Å². The Bertz CT molecular complexity index is 609. The lowest BCUT2D eigenvalue weighted by molar-refractivity contribution is -0.181. The number of likely N-dealkylation sites (tertiary alicyclic amines) is 1. The number of piperidine rings is 1. The topological polar surface area (TPSA) is 69.3 Å². The molecular weight excluding hydrogens is 336 g/mol. The second kappa shape index (κ2) is 7.04. The van der Waals surface area contributed by atoms with Crippen LogP contribution >= 0.6 is 11.6 Å². The van der Waals surface area contributed by atoms with Gasteiger partial charge in [-0.2, -0.15) is 0 Å². The zero-order valence-corrected chi connectivity index (χ0v) is 14.5. The third-order valence-electron chi connectivity index (χ3n) is 4.34. The van der Waals surface area contributed by atoms with Gasteiger partial charge in [0, 0.05) is 32.0 Å². The minimum Gasteiger partial charge on any atom is -0.495 e. The van der Waals surface area contributed by atoms with Gasteiger partial charge in [0.2, 0.25) is 0 Å². The van der Waals surface area contributed by atoms with Crippen molar-refractivity contribution in [2.45, 2.75) is 18.6 Å². The Labute approximate surface area is 145 Å². The van der Waals surface area contributed by atoms with Gasteiger partial charge in [0.15, 0.2) is 5.79 Å². The zero-order valence-electron chi connectivity index (χ0n) is 13.8. The highest BCUT2D eigenvalue weighted by atomic mass is 35.5. The number of hydrogen-bond acceptors (Lipinski definition) is 5. The highest BCUT2D eigenvalue weighted by Gasteiger charge is 2.40. The summed E-state index contributed by atoms with van der Waals surface area (Å²) >= 11 is 6.13. The van der Waals surface area contributed by atoms with Gasteiger partial charge >= 0.3 is 6.03 Å². The fourth-order valence-corrected chi connectivity index (χ4v) is 3.23. The molecule has 2 aliphatic rings. The monoisotopic (exact) mass is 356 g/mol. The van der Waals surface area contributed by atoms with Crippen molar-refractivity contribution < 1.29 is 23.7 Å². The summed E-state index contributed by atoms with van der Waals surface area (Å²) in [6.45, 7) is 2.37. The summed E-state index contributed by atoms with van der Waals surface area (Å²) in [7, 11) is 3.05. The van der Waals surface area contributed by atoms with Crippen LogP contribution in [-0.2, 0) is 9.47 Å². The van der Waals surface area contributed by atoms with E-state index >= 15 is 0 Å². The molecule has 0 unspecified atom stereocenters. The van der Waals surface area contributed by atoms with E-state index in [0.29, 0.717) is 61.4 Å². The van der Waals surface area contributed by atoms with Crippen LogP contribution in [-0.4, -0.2) is 57.2 Å². The van der Waals surface area contributed by atoms with Gasteiger partial charge in [-0.25, -0.2) is 4.79 Å². The Hall–Kier alpha value is -1.70. The molecule has 132 valence electrons. The molecule has 0 radical (unpaired) electrons. The van der Waals surface area contributed by atoms with E-state index in [2.05, 4.69) is 5.32 Å². The summed E-state index contributed by atoms with van der Waals surface area (Å²) in [5, 5.41) is 3.24. The predicted molar refractivity (Wildman–Crippen MR) is 89.0 cm³/mol. The molecular formula is C16H21ClN2O5. The SMILES string of the molecule is COc1cc(OC)c(NC(=O)N2CCC3(CC2)OCCO3)cc1Cl. The van der Waals surface area contributed by atoms with E-state index < -0.39 is 5.79 Å². The smallest absolute Gasteiger partial charge is 0.321 e. The van der Waals surface area contributed by atoms with E-state index in [1.54, 1.807) is 17.0 Å². The minimum atomic E-state index is -0.502. The van der Waals surface area contributed by atoms with Crippen LogP contribution in [0.5, 0.6) is 11.5 Å². The fraction of sp³-hybridized carbons (Fsp3) is 0.562. The Kier molecular flexibility index (Phi) is 5.03. The molecule has 2 aliphatic heterocycles. The van der Waals surface area contributed by atoms with Gasteiger partial charge in [-0.05, 0) is 6.07 Å². The number of anilines is 1. The van der Waals surface area contributed by atoms with E-state index in [0.717, 1.165) is 0 Å². The van der Waals surface area contributed by atoms with Gasteiger partial charge < -0.3 is 29.2 Å². The normalized spacial score (nSPS) is 19.4. The number of nitrogens with zero attached hydrogens (tertiary/aromatic N) is 1. The van der Waals surface area contributed by atoms with Crippen molar-refractivity contribution >= 4 is 23.3 Å². The maximum atomic E-state index is 12.5. The van der Waals surface area contributed by atoms with Gasteiger partial charge in [0.1, 0.15) is 11.5 Å². The van der Waals surface area contributed by atoms with Crippen molar-refractivity contribution in [3.05, 3.63) is 17.2 Å². The summed E-state index contributed by atoms with van der Waals surface area (Å²) in [4.78, 5) is 14.2. The third-order valence-corrected chi connectivity index (χ3v) is 4.64. The van der Waals surface area contributed by atoms with Crippen molar-refractivity contribution in [3.8, 4) is 11.5 Å². The molecule has 2 amide bonds. The predicted octanol–water partition coefficient (Wildman–Crippen LogP) is 2.73. The maximum Gasteiger partial charge on any atom is 0.321 e. The van der Waals surface area contributed by atoms with Crippen molar-refractivity contribution in [1.82, 2.24) is 4.90 Å². The van der Waals surface area contributed by atoms with Crippen LogP contribution in [0.2, 0.25) is 5.02 Å². The van der Waals surface area contributed by atoms with Gasteiger partial charge in [-0.15, -0.1) is 0 Å². The molecule has 1 aromatic rings. The van der Waals surface area contributed by atoms with Crippen LogP contribution in [0, 0.1) is 0 Å². The number of carbonyl (C=O) groups is 1. The number of halogens is 1. The molecule has 0 bridgehead atoms.